The molecule has 3 aromatic rings. The average Bonchev–Trinajstić information content (AvgIpc) is 3.15. The maximum atomic E-state index is 12.9. The number of ether oxygens (including phenoxy) is 1. The highest BCUT2D eigenvalue weighted by Crippen LogP contribution is 2.39. The number of piperazine rings is 1. The second kappa shape index (κ2) is 10.4. The Balaban J connectivity index is 1.31. The summed E-state index contributed by atoms with van der Waals surface area (Å²) < 4.78 is 7.46. The summed E-state index contributed by atoms with van der Waals surface area (Å²) in [6.07, 6.45) is 4.77. The number of anilines is 1. The normalized spacial score (nSPS) is 17.1. The Kier molecular flexibility index (Phi) is 6.90. The molecule has 5 rings (SSSR count). The number of fused-ring (bicyclic) bond motifs is 1. The van der Waals surface area contributed by atoms with Crippen molar-refractivity contribution in [2.45, 2.75) is 38.3 Å². The molecule has 8 heteroatoms. The van der Waals surface area contributed by atoms with Crippen LogP contribution in [0.2, 0.25) is 0 Å². The largest absolute Gasteiger partial charge is 0.494 e. The topological polar surface area (TPSA) is 91.1 Å². The number of nitrogens with zero attached hydrogens (tertiary/aromatic N) is 4. The number of esters is 1. The lowest BCUT2D eigenvalue weighted by Gasteiger charge is -2.36. The van der Waals surface area contributed by atoms with E-state index in [9.17, 15) is 15.0 Å². The Morgan fingerprint density at radius 2 is 1.54 bits per heavy atom. The molecule has 2 aliphatic rings. The predicted molar refractivity (Wildman–Crippen MR) is 133 cm³/mol. The number of aromatic nitrogens is 2. The average molecular weight is 477 g/mol. The van der Waals surface area contributed by atoms with Gasteiger partial charge in [-0.15, -0.1) is 0 Å². The van der Waals surface area contributed by atoms with Crippen LogP contribution in [0.25, 0.3) is 0 Å². The van der Waals surface area contributed by atoms with Crippen molar-refractivity contribution in [3.8, 4) is 11.8 Å². The van der Waals surface area contributed by atoms with Gasteiger partial charge < -0.3 is 19.8 Å². The van der Waals surface area contributed by atoms with Gasteiger partial charge in [0, 0.05) is 50.0 Å². The Morgan fingerprint density at radius 1 is 0.886 bits per heavy atom. The monoisotopic (exact) mass is 476 g/mol. The van der Waals surface area contributed by atoms with Crippen molar-refractivity contribution in [1.82, 2.24) is 14.5 Å². The molecule has 3 heterocycles. The molecule has 1 unspecified atom stereocenters. The van der Waals surface area contributed by atoms with E-state index < -0.39 is 12.1 Å². The molecule has 0 bridgehead atoms. The molecule has 1 aliphatic heterocycles. The van der Waals surface area contributed by atoms with E-state index in [1.807, 2.05) is 24.3 Å². The van der Waals surface area contributed by atoms with E-state index in [2.05, 4.69) is 14.8 Å². The van der Waals surface area contributed by atoms with Gasteiger partial charge in [0.25, 0.3) is 0 Å². The third kappa shape index (κ3) is 5.12. The van der Waals surface area contributed by atoms with Crippen LogP contribution in [0.1, 0.15) is 34.3 Å². The Bertz CT molecular complexity index is 1110. The highest BCUT2D eigenvalue weighted by atomic mass is 16.5. The number of hydrogen-bond acceptors (Lipinski definition) is 7. The van der Waals surface area contributed by atoms with Crippen LogP contribution >= 0.6 is 0 Å². The molecule has 1 atom stereocenters. The first-order chi connectivity index (χ1) is 17.1. The molecule has 2 N–H and O–H groups in total. The van der Waals surface area contributed by atoms with Crippen molar-refractivity contribution in [3.63, 3.8) is 0 Å². The highest BCUT2D eigenvalue weighted by Gasteiger charge is 2.29. The molecule has 0 saturated carbocycles. The Morgan fingerprint density at radius 3 is 2.17 bits per heavy atom. The fraction of sp³-hybridized carbons (Fsp3) is 0.407. The first kappa shape index (κ1) is 23.2. The van der Waals surface area contributed by atoms with Crippen molar-refractivity contribution in [3.05, 3.63) is 71.4 Å². The number of rotatable bonds is 7. The van der Waals surface area contributed by atoms with Crippen LogP contribution in [0.15, 0.2) is 54.7 Å². The van der Waals surface area contributed by atoms with Crippen LogP contribution in [-0.4, -0.2) is 69.5 Å². The van der Waals surface area contributed by atoms with Crippen LogP contribution in [0, 0.1) is 0 Å². The van der Waals surface area contributed by atoms with Crippen LogP contribution in [0.4, 0.5) is 5.82 Å². The molecule has 35 heavy (non-hydrogen) atoms. The first-order valence-electron chi connectivity index (χ1n) is 12.4. The van der Waals surface area contributed by atoms with Gasteiger partial charge in [-0.1, -0.05) is 24.3 Å². The lowest BCUT2D eigenvalue weighted by Crippen LogP contribution is -2.49. The SMILES string of the molecule is O=C(OC(CN1CCN(c2ccccn2)CC1)Cn1c(O)c2c(c1O)CCCC2)c1ccccc1. The van der Waals surface area contributed by atoms with Gasteiger partial charge in [-0.05, 0) is 49.9 Å². The van der Waals surface area contributed by atoms with Gasteiger partial charge in [-0.3, -0.25) is 9.47 Å². The summed E-state index contributed by atoms with van der Waals surface area (Å²) in [6, 6.07) is 14.8. The van der Waals surface area contributed by atoms with Crippen molar-refractivity contribution >= 4 is 11.8 Å². The molecule has 0 spiro atoms. The number of pyridine rings is 1. The molecule has 1 saturated heterocycles. The van der Waals surface area contributed by atoms with Crippen molar-refractivity contribution in [2.24, 2.45) is 0 Å². The van der Waals surface area contributed by atoms with E-state index in [1.165, 1.54) is 4.57 Å². The van der Waals surface area contributed by atoms with E-state index in [0.29, 0.717) is 12.1 Å². The standard InChI is InChI=1S/C27H32N4O4/c32-25-22-10-4-5-11-23(22)26(33)31(25)19-21(35-27(34)20-8-2-1-3-9-20)18-29-14-16-30(17-15-29)24-12-6-7-13-28-24/h1-3,6-9,12-13,21,32-33H,4-5,10-11,14-19H2. The fourth-order valence-corrected chi connectivity index (χ4v) is 5.12. The molecule has 0 radical (unpaired) electrons. The zero-order valence-electron chi connectivity index (χ0n) is 19.8. The second-order valence-electron chi connectivity index (χ2n) is 9.29. The van der Waals surface area contributed by atoms with Crippen LogP contribution in [-0.2, 0) is 24.1 Å². The molecular weight excluding hydrogens is 444 g/mol. The lowest BCUT2D eigenvalue weighted by atomic mass is 9.95. The van der Waals surface area contributed by atoms with Gasteiger partial charge in [0.05, 0.1) is 12.1 Å². The van der Waals surface area contributed by atoms with Gasteiger partial charge in [-0.2, -0.15) is 0 Å². The summed E-state index contributed by atoms with van der Waals surface area (Å²) in [7, 11) is 0. The summed E-state index contributed by atoms with van der Waals surface area (Å²) in [6.45, 7) is 3.96. The van der Waals surface area contributed by atoms with Crippen LogP contribution in [0.5, 0.6) is 11.8 Å². The summed E-state index contributed by atoms with van der Waals surface area (Å²) >= 11 is 0. The molecule has 184 valence electrons. The minimum atomic E-state index is -0.533. The van der Waals surface area contributed by atoms with Crippen molar-refractivity contribution in [1.29, 1.82) is 0 Å². The Labute approximate surface area is 205 Å². The number of hydrogen-bond donors (Lipinski definition) is 2. The van der Waals surface area contributed by atoms with Crippen LogP contribution in [0.3, 0.4) is 0 Å². The van der Waals surface area contributed by atoms with Gasteiger partial charge >= 0.3 is 5.97 Å². The summed E-state index contributed by atoms with van der Waals surface area (Å²) in [4.78, 5) is 21.9. The third-order valence-corrected chi connectivity index (χ3v) is 7.00. The van der Waals surface area contributed by atoms with Gasteiger partial charge in [-0.25, -0.2) is 9.78 Å². The lowest BCUT2D eigenvalue weighted by molar-refractivity contribution is 0.0137. The molecule has 8 nitrogen and oxygen atoms in total. The van der Waals surface area contributed by atoms with E-state index in [4.69, 9.17) is 4.74 Å². The first-order valence-corrected chi connectivity index (χ1v) is 12.4. The second-order valence-corrected chi connectivity index (χ2v) is 9.29. The van der Waals surface area contributed by atoms with Crippen molar-refractivity contribution < 1.29 is 19.7 Å². The molecule has 1 aliphatic carbocycles. The van der Waals surface area contributed by atoms with Gasteiger partial charge in [0.15, 0.2) is 11.8 Å². The minimum Gasteiger partial charge on any atom is -0.494 e. The molecular formula is C27H32N4O4. The maximum absolute atomic E-state index is 12.9. The fourth-order valence-electron chi connectivity index (χ4n) is 5.12. The quantitative estimate of drug-likeness (QED) is 0.506. The van der Waals surface area contributed by atoms with Gasteiger partial charge in [0.1, 0.15) is 11.9 Å². The van der Waals surface area contributed by atoms with E-state index in [0.717, 1.165) is 68.8 Å². The number of carbonyl (C=O) groups is 1. The molecule has 1 fully saturated rings. The third-order valence-electron chi connectivity index (χ3n) is 7.00. The molecule has 2 aromatic heterocycles. The van der Waals surface area contributed by atoms with Gasteiger partial charge in [0.2, 0.25) is 0 Å². The zero-order valence-corrected chi connectivity index (χ0v) is 19.8. The summed E-state index contributed by atoms with van der Waals surface area (Å²) in [5, 5.41) is 21.7. The summed E-state index contributed by atoms with van der Waals surface area (Å²) in [5.41, 5.74) is 2.13. The molecule has 1 aromatic carbocycles. The van der Waals surface area contributed by atoms with Crippen LogP contribution < -0.4 is 4.90 Å². The zero-order chi connectivity index (χ0) is 24.2. The van der Waals surface area contributed by atoms with E-state index in [1.54, 1.807) is 30.5 Å². The minimum absolute atomic E-state index is 0.0953. The number of benzene rings is 1. The number of carbonyl (C=O) groups excluding carboxylic acids is 1. The molecule has 0 amide bonds. The smallest absolute Gasteiger partial charge is 0.338 e. The number of aromatic hydroxyl groups is 2. The Hall–Kier alpha value is -3.52. The highest BCUT2D eigenvalue weighted by molar-refractivity contribution is 5.89. The van der Waals surface area contributed by atoms with E-state index >= 15 is 0 Å². The van der Waals surface area contributed by atoms with Crippen molar-refractivity contribution in [2.75, 3.05) is 37.6 Å². The predicted octanol–water partition coefficient (Wildman–Crippen LogP) is 3.22. The summed E-state index contributed by atoms with van der Waals surface area (Å²) in [5.74, 6) is 0.751. The van der Waals surface area contributed by atoms with E-state index in [-0.39, 0.29) is 18.3 Å². The maximum Gasteiger partial charge on any atom is 0.338 e.